The van der Waals surface area contributed by atoms with Crippen LogP contribution in [0.2, 0.25) is 0 Å². The van der Waals surface area contributed by atoms with Gasteiger partial charge in [-0.2, -0.15) is 10.2 Å². The Balaban J connectivity index is 2.16. The monoisotopic (exact) mass is 335 g/mol. The van der Waals surface area contributed by atoms with Gasteiger partial charge in [-0.3, -0.25) is 0 Å². The number of ether oxygens (including phenoxy) is 1. The van der Waals surface area contributed by atoms with Gasteiger partial charge in [0.1, 0.15) is 24.0 Å². The molecule has 1 saturated heterocycles. The molecule has 0 saturated carbocycles. The van der Waals surface area contributed by atoms with E-state index in [9.17, 15) is 20.6 Å². The van der Waals surface area contributed by atoms with Crippen LogP contribution in [0.3, 0.4) is 0 Å². The quantitative estimate of drug-likeness (QED) is 0.406. The number of hydrogen-bond donors (Lipinski definition) is 5. The van der Waals surface area contributed by atoms with Crippen LogP contribution in [0, 0.1) is 11.3 Å². The number of imidazole rings is 1. The fourth-order valence-electron chi connectivity index (χ4n) is 2.83. The van der Waals surface area contributed by atoms with Gasteiger partial charge < -0.3 is 31.5 Å². The van der Waals surface area contributed by atoms with Crippen LogP contribution in [0.1, 0.15) is 18.5 Å². The fourth-order valence-corrected chi connectivity index (χ4v) is 2.83. The molecule has 0 spiro atoms. The zero-order chi connectivity index (χ0) is 17.5. The van der Waals surface area contributed by atoms with Gasteiger partial charge in [0.25, 0.3) is 0 Å². The summed E-state index contributed by atoms with van der Waals surface area (Å²) >= 11 is 0. The second-order valence-corrected chi connectivity index (χ2v) is 5.61. The predicted molar refractivity (Wildman–Crippen MR) is 80.1 cm³/mol. The summed E-state index contributed by atoms with van der Waals surface area (Å²) in [7, 11) is 0. The minimum atomic E-state index is -1.60. The summed E-state index contributed by atoms with van der Waals surface area (Å²) in [4.78, 5) is 7.89. The number of nitrogens with two attached hydrogens (primary N) is 2. The Bertz CT molecular complexity index is 803. The highest BCUT2D eigenvalue weighted by molar-refractivity contribution is 5.61. The Morgan fingerprint density at radius 1 is 1.46 bits per heavy atom. The second-order valence-electron chi connectivity index (χ2n) is 5.61. The van der Waals surface area contributed by atoms with Crippen LogP contribution in [0.15, 0.2) is 6.20 Å². The topological polar surface area (TPSA) is 189 Å². The lowest BCUT2D eigenvalue weighted by Crippen LogP contribution is -2.42. The van der Waals surface area contributed by atoms with Gasteiger partial charge >= 0.3 is 0 Å². The van der Waals surface area contributed by atoms with Crippen LogP contribution < -0.4 is 11.5 Å². The molecule has 1 aliphatic heterocycles. The number of aliphatic hydroxyl groups is 3. The van der Waals surface area contributed by atoms with E-state index in [2.05, 4.69) is 15.1 Å². The van der Waals surface area contributed by atoms with Gasteiger partial charge in [0.15, 0.2) is 17.1 Å². The summed E-state index contributed by atoms with van der Waals surface area (Å²) in [6.07, 6.45) is -2.13. The molecule has 0 radical (unpaired) electrons. The van der Waals surface area contributed by atoms with Crippen LogP contribution in [-0.4, -0.2) is 59.8 Å². The minimum absolute atomic E-state index is 0.0363. The number of aliphatic hydroxyl groups excluding tert-OH is 3. The Morgan fingerprint density at radius 3 is 2.88 bits per heavy atom. The van der Waals surface area contributed by atoms with Crippen LogP contribution in [0.25, 0.3) is 5.65 Å². The van der Waals surface area contributed by atoms with Gasteiger partial charge in [-0.05, 0) is 12.8 Å². The first kappa shape index (κ1) is 16.3. The van der Waals surface area contributed by atoms with Crippen molar-refractivity contribution < 1.29 is 20.1 Å². The number of hydrogen-bond acceptors (Lipinski definition) is 10. The summed E-state index contributed by atoms with van der Waals surface area (Å²) in [6.45, 7) is -0.572. The van der Waals surface area contributed by atoms with E-state index in [0.29, 0.717) is 0 Å². The number of anilines is 2. The SMILES string of the molecule is N#C[C@]1(c2cnc3c(N)nc(N)nn23)CCC(O)[C@H](O)[C@@H](CO)O1. The third-order valence-electron chi connectivity index (χ3n) is 4.10. The molecule has 2 aromatic heterocycles. The van der Waals surface area contributed by atoms with Gasteiger partial charge in [0.05, 0.1) is 18.9 Å². The number of nitrogen functional groups attached to an aromatic ring is 2. The number of nitriles is 1. The van der Waals surface area contributed by atoms with Crippen LogP contribution in [-0.2, 0) is 10.3 Å². The van der Waals surface area contributed by atoms with E-state index in [-0.39, 0.29) is 35.9 Å². The lowest BCUT2D eigenvalue weighted by Gasteiger charge is -2.29. The normalized spacial score (nSPS) is 30.8. The van der Waals surface area contributed by atoms with E-state index in [1.165, 1.54) is 10.7 Å². The molecule has 1 unspecified atom stereocenters. The molecule has 0 amide bonds. The minimum Gasteiger partial charge on any atom is -0.394 e. The molecule has 1 aliphatic rings. The maximum Gasteiger partial charge on any atom is 0.240 e. The first-order chi connectivity index (χ1) is 11.4. The molecule has 24 heavy (non-hydrogen) atoms. The summed E-state index contributed by atoms with van der Waals surface area (Å²) in [6, 6.07) is 2.04. The van der Waals surface area contributed by atoms with Gasteiger partial charge in [-0.15, -0.1) is 5.10 Å². The molecule has 0 aliphatic carbocycles. The second kappa shape index (κ2) is 5.84. The van der Waals surface area contributed by atoms with Gasteiger partial charge in [0.2, 0.25) is 5.95 Å². The van der Waals surface area contributed by atoms with Crippen molar-refractivity contribution in [3.63, 3.8) is 0 Å². The largest absolute Gasteiger partial charge is 0.394 e. The molecule has 7 N–H and O–H groups in total. The molecule has 11 nitrogen and oxygen atoms in total. The van der Waals surface area contributed by atoms with E-state index >= 15 is 0 Å². The van der Waals surface area contributed by atoms with Crippen molar-refractivity contribution in [1.29, 1.82) is 5.26 Å². The molecule has 3 rings (SSSR count). The smallest absolute Gasteiger partial charge is 0.240 e. The van der Waals surface area contributed by atoms with Gasteiger partial charge in [-0.25, -0.2) is 9.50 Å². The lowest BCUT2D eigenvalue weighted by atomic mass is 9.94. The van der Waals surface area contributed by atoms with Crippen LogP contribution in [0.4, 0.5) is 11.8 Å². The van der Waals surface area contributed by atoms with E-state index < -0.39 is 30.5 Å². The fraction of sp³-hybridized carbons (Fsp3) is 0.538. The molecule has 3 heterocycles. The van der Waals surface area contributed by atoms with Gasteiger partial charge in [0, 0.05) is 0 Å². The molecule has 4 atom stereocenters. The third kappa shape index (κ3) is 2.42. The number of aromatic nitrogens is 4. The predicted octanol–water partition coefficient (Wildman–Crippen LogP) is -2.10. The van der Waals surface area contributed by atoms with Crippen molar-refractivity contribution in [2.24, 2.45) is 0 Å². The van der Waals surface area contributed by atoms with E-state index in [1.54, 1.807) is 0 Å². The summed E-state index contributed by atoms with van der Waals surface area (Å²) in [5, 5.41) is 43.2. The maximum absolute atomic E-state index is 10.0. The van der Waals surface area contributed by atoms with Crippen molar-refractivity contribution in [3.05, 3.63) is 11.9 Å². The van der Waals surface area contributed by atoms with E-state index in [4.69, 9.17) is 16.2 Å². The summed E-state index contributed by atoms with van der Waals surface area (Å²) in [5.74, 6) is -0.0750. The van der Waals surface area contributed by atoms with Crippen molar-refractivity contribution in [2.45, 2.75) is 36.8 Å². The highest BCUT2D eigenvalue weighted by Gasteiger charge is 2.46. The van der Waals surface area contributed by atoms with E-state index in [1.807, 2.05) is 6.07 Å². The molecule has 128 valence electrons. The average Bonchev–Trinajstić information content (AvgIpc) is 2.94. The Kier molecular flexibility index (Phi) is 3.98. The lowest BCUT2D eigenvalue weighted by molar-refractivity contribution is -0.136. The van der Waals surface area contributed by atoms with Crippen LogP contribution in [0.5, 0.6) is 0 Å². The summed E-state index contributed by atoms with van der Waals surface area (Å²) in [5.41, 5.74) is 10.2. The molecular formula is C13H17N7O4. The maximum atomic E-state index is 10.0. The first-order valence-electron chi connectivity index (χ1n) is 7.25. The number of nitrogens with zero attached hydrogens (tertiary/aromatic N) is 5. The van der Waals surface area contributed by atoms with Crippen molar-refractivity contribution >= 4 is 17.4 Å². The van der Waals surface area contributed by atoms with Gasteiger partial charge in [-0.1, -0.05) is 0 Å². The molecule has 0 aromatic carbocycles. The standard InChI is InChI=1S/C13H17N7O4/c14-5-13(2-1-6(22)9(23)7(4-21)24-13)8-3-17-11-10(15)18-12(16)19-20(8)11/h3,6-7,9,21-23H,1-2,4H2,(H4,15,16,18,19)/t6?,7-,9+,13+/m1/s1. The summed E-state index contributed by atoms with van der Waals surface area (Å²) < 4.78 is 6.94. The number of fused-ring (bicyclic) bond motifs is 1. The highest BCUT2D eigenvalue weighted by Crippen LogP contribution is 2.37. The zero-order valence-corrected chi connectivity index (χ0v) is 12.6. The molecule has 0 bridgehead atoms. The van der Waals surface area contributed by atoms with E-state index in [0.717, 1.165) is 0 Å². The van der Waals surface area contributed by atoms with Crippen molar-refractivity contribution in [1.82, 2.24) is 19.6 Å². The molecule has 11 heteroatoms. The highest BCUT2D eigenvalue weighted by atomic mass is 16.5. The third-order valence-corrected chi connectivity index (χ3v) is 4.10. The number of rotatable bonds is 2. The molecular weight excluding hydrogens is 318 g/mol. The Labute approximate surface area is 136 Å². The van der Waals surface area contributed by atoms with Crippen molar-refractivity contribution in [2.75, 3.05) is 18.1 Å². The van der Waals surface area contributed by atoms with Crippen LogP contribution >= 0.6 is 0 Å². The first-order valence-corrected chi connectivity index (χ1v) is 7.25. The molecule has 2 aromatic rings. The Hall–Kier alpha value is -2.52. The average molecular weight is 335 g/mol. The van der Waals surface area contributed by atoms with Crippen molar-refractivity contribution in [3.8, 4) is 6.07 Å². The molecule has 1 fully saturated rings. The Morgan fingerprint density at radius 2 is 2.21 bits per heavy atom. The zero-order valence-electron chi connectivity index (χ0n) is 12.6.